The molecule has 0 atom stereocenters. The third kappa shape index (κ3) is 5.78. The van der Waals surface area contributed by atoms with Crippen molar-refractivity contribution in [3.05, 3.63) is 120 Å². The van der Waals surface area contributed by atoms with Gasteiger partial charge < -0.3 is 23.4 Å². The van der Waals surface area contributed by atoms with Crippen LogP contribution in [-0.4, -0.2) is 14.2 Å². The molecule has 0 aliphatic heterocycles. The van der Waals surface area contributed by atoms with Crippen molar-refractivity contribution in [2.24, 2.45) is 0 Å². The van der Waals surface area contributed by atoms with Gasteiger partial charge in [-0.2, -0.15) is 0 Å². The highest BCUT2D eigenvalue weighted by Gasteiger charge is 2.14. The van der Waals surface area contributed by atoms with Gasteiger partial charge in [0.1, 0.15) is 24.7 Å². The molecular formula is C32H28O5. The molecule has 0 saturated carbocycles. The molecule has 0 spiro atoms. The summed E-state index contributed by atoms with van der Waals surface area (Å²) < 4.78 is 29.4. The summed E-state index contributed by atoms with van der Waals surface area (Å²) in [6.07, 6.45) is 0. The highest BCUT2D eigenvalue weighted by atomic mass is 16.5. The number of hydrogen-bond donors (Lipinski definition) is 0. The highest BCUT2D eigenvalue weighted by Crippen LogP contribution is 2.37. The summed E-state index contributed by atoms with van der Waals surface area (Å²) in [7, 11) is 3.27. The predicted molar refractivity (Wildman–Crippen MR) is 144 cm³/mol. The molecule has 5 nitrogen and oxygen atoms in total. The lowest BCUT2D eigenvalue weighted by Gasteiger charge is -2.12. The minimum Gasteiger partial charge on any atom is -0.493 e. The third-order valence-electron chi connectivity index (χ3n) is 5.98. The Morgan fingerprint density at radius 1 is 0.486 bits per heavy atom. The first kappa shape index (κ1) is 24.1. The molecule has 186 valence electrons. The zero-order valence-electron chi connectivity index (χ0n) is 20.8. The third-order valence-corrected chi connectivity index (χ3v) is 5.98. The summed E-state index contributed by atoms with van der Waals surface area (Å²) in [4.78, 5) is 0. The van der Waals surface area contributed by atoms with Crippen LogP contribution >= 0.6 is 0 Å². The fourth-order valence-electron chi connectivity index (χ4n) is 4.00. The van der Waals surface area contributed by atoms with E-state index in [2.05, 4.69) is 0 Å². The normalized spacial score (nSPS) is 10.6. The van der Waals surface area contributed by atoms with Crippen LogP contribution in [0.5, 0.6) is 23.0 Å². The van der Waals surface area contributed by atoms with Crippen molar-refractivity contribution in [3.8, 4) is 45.6 Å². The van der Waals surface area contributed by atoms with Gasteiger partial charge in [-0.05, 0) is 59.7 Å². The van der Waals surface area contributed by atoms with Gasteiger partial charge in [-0.15, -0.1) is 0 Å². The Morgan fingerprint density at radius 3 is 1.32 bits per heavy atom. The van der Waals surface area contributed by atoms with Crippen molar-refractivity contribution < 1.29 is 23.4 Å². The molecule has 0 unspecified atom stereocenters. The summed E-state index contributed by atoms with van der Waals surface area (Å²) >= 11 is 0. The predicted octanol–water partition coefficient (Wildman–Crippen LogP) is 7.79. The maximum absolute atomic E-state index is 6.25. The van der Waals surface area contributed by atoms with Gasteiger partial charge in [-0.1, -0.05) is 60.7 Å². The van der Waals surface area contributed by atoms with Gasteiger partial charge in [0, 0.05) is 11.1 Å². The maximum atomic E-state index is 6.25. The number of methoxy groups -OCH3 is 2. The van der Waals surface area contributed by atoms with E-state index in [1.165, 1.54) is 0 Å². The quantitative estimate of drug-likeness (QED) is 0.199. The Morgan fingerprint density at radius 2 is 0.919 bits per heavy atom. The first-order chi connectivity index (χ1) is 18.2. The molecule has 0 fully saturated rings. The fraction of sp³-hybridized carbons (Fsp3) is 0.125. The van der Waals surface area contributed by atoms with E-state index in [1.54, 1.807) is 14.2 Å². The van der Waals surface area contributed by atoms with Crippen LogP contribution < -0.4 is 18.9 Å². The average Bonchev–Trinajstić information content (AvgIpc) is 3.46. The molecule has 4 aromatic carbocycles. The van der Waals surface area contributed by atoms with Crippen molar-refractivity contribution >= 4 is 0 Å². The molecule has 0 N–H and O–H groups in total. The first-order valence-electron chi connectivity index (χ1n) is 12.0. The molecule has 1 aromatic heterocycles. The molecule has 0 amide bonds. The highest BCUT2D eigenvalue weighted by molar-refractivity contribution is 5.69. The second-order valence-electron chi connectivity index (χ2n) is 8.44. The first-order valence-corrected chi connectivity index (χ1v) is 12.0. The molecule has 5 heteroatoms. The van der Waals surface area contributed by atoms with Gasteiger partial charge in [0.05, 0.1) is 14.2 Å². The van der Waals surface area contributed by atoms with Gasteiger partial charge in [0.2, 0.25) is 0 Å². The smallest absolute Gasteiger partial charge is 0.162 e. The van der Waals surface area contributed by atoms with Crippen LogP contribution in [0.4, 0.5) is 0 Å². The fourth-order valence-corrected chi connectivity index (χ4v) is 4.00. The Bertz CT molecular complexity index is 1330. The van der Waals surface area contributed by atoms with E-state index >= 15 is 0 Å². The number of ether oxygens (including phenoxy) is 4. The van der Waals surface area contributed by atoms with E-state index in [1.807, 2.05) is 109 Å². The van der Waals surface area contributed by atoms with Crippen LogP contribution in [0.25, 0.3) is 22.6 Å². The largest absolute Gasteiger partial charge is 0.493 e. The molecule has 0 aliphatic carbocycles. The second-order valence-corrected chi connectivity index (χ2v) is 8.44. The maximum Gasteiger partial charge on any atom is 0.162 e. The zero-order chi connectivity index (χ0) is 25.5. The second kappa shape index (κ2) is 11.4. The molecule has 5 rings (SSSR count). The summed E-state index contributed by atoms with van der Waals surface area (Å²) in [6, 6.07) is 35.5. The van der Waals surface area contributed by atoms with Crippen molar-refractivity contribution in [3.63, 3.8) is 0 Å². The summed E-state index contributed by atoms with van der Waals surface area (Å²) in [5, 5.41) is 0. The van der Waals surface area contributed by atoms with E-state index in [-0.39, 0.29) is 0 Å². The van der Waals surface area contributed by atoms with Gasteiger partial charge in [0.15, 0.2) is 23.0 Å². The lowest BCUT2D eigenvalue weighted by Crippen LogP contribution is -1.98. The Hall–Kier alpha value is -4.64. The van der Waals surface area contributed by atoms with Crippen molar-refractivity contribution in [1.29, 1.82) is 0 Å². The summed E-state index contributed by atoms with van der Waals surface area (Å²) in [6.45, 7) is 0.892. The average molecular weight is 493 g/mol. The number of furan rings is 1. The number of rotatable bonds is 10. The van der Waals surface area contributed by atoms with Gasteiger partial charge >= 0.3 is 0 Å². The molecule has 1 heterocycles. The van der Waals surface area contributed by atoms with Gasteiger partial charge in [-0.3, -0.25) is 0 Å². The molecule has 0 saturated heterocycles. The van der Waals surface area contributed by atoms with Gasteiger partial charge in [-0.25, -0.2) is 0 Å². The topological polar surface area (TPSA) is 50.1 Å². The Kier molecular flexibility index (Phi) is 7.42. The SMILES string of the molecule is COc1ccc(-c2ccc(-c3ccc(OC)c(OCc4ccccc4)c3)o2)cc1OCc1ccccc1. The summed E-state index contributed by atoms with van der Waals surface area (Å²) in [5.41, 5.74) is 3.95. The van der Waals surface area contributed by atoms with Crippen LogP contribution in [0, 0.1) is 0 Å². The van der Waals surface area contributed by atoms with E-state index in [9.17, 15) is 0 Å². The van der Waals surface area contributed by atoms with Crippen LogP contribution in [0.1, 0.15) is 11.1 Å². The van der Waals surface area contributed by atoms with E-state index in [4.69, 9.17) is 23.4 Å². The molecular weight excluding hydrogens is 464 g/mol. The van der Waals surface area contributed by atoms with E-state index in [0.717, 1.165) is 33.8 Å². The lowest BCUT2D eigenvalue weighted by atomic mass is 10.1. The minimum absolute atomic E-state index is 0.446. The van der Waals surface area contributed by atoms with Crippen LogP contribution in [-0.2, 0) is 13.2 Å². The zero-order valence-corrected chi connectivity index (χ0v) is 20.8. The Labute approximate surface area is 216 Å². The van der Waals surface area contributed by atoms with Crippen LogP contribution in [0.15, 0.2) is 114 Å². The van der Waals surface area contributed by atoms with Crippen molar-refractivity contribution in [2.45, 2.75) is 13.2 Å². The number of benzene rings is 4. The van der Waals surface area contributed by atoms with Crippen LogP contribution in [0.3, 0.4) is 0 Å². The van der Waals surface area contributed by atoms with Crippen LogP contribution in [0.2, 0.25) is 0 Å². The lowest BCUT2D eigenvalue weighted by molar-refractivity contribution is 0.284. The van der Waals surface area contributed by atoms with Crippen molar-refractivity contribution in [2.75, 3.05) is 14.2 Å². The summed E-state index contributed by atoms with van der Waals surface area (Å²) in [5.74, 6) is 4.10. The molecule has 0 radical (unpaired) electrons. The van der Waals surface area contributed by atoms with E-state index < -0.39 is 0 Å². The standard InChI is InChI=1S/C32H28O5/c1-33-29-15-13-25(19-31(29)35-21-23-9-5-3-6-10-23)27-17-18-28(37-27)26-14-16-30(34-2)32(20-26)36-22-24-11-7-4-8-12-24/h3-20H,21-22H2,1-2H3. The number of hydrogen-bond acceptors (Lipinski definition) is 5. The Balaban J connectivity index is 1.36. The molecule has 0 bridgehead atoms. The molecule has 0 aliphatic rings. The molecule has 37 heavy (non-hydrogen) atoms. The van der Waals surface area contributed by atoms with E-state index in [0.29, 0.717) is 36.2 Å². The van der Waals surface area contributed by atoms with Crippen molar-refractivity contribution in [1.82, 2.24) is 0 Å². The monoisotopic (exact) mass is 492 g/mol. The van der Waals surface area contributed by atoms with Gasteiger partial charge in [0.25, 0.3) is 0 Å². The minimum atomic E-state index is 0.446. The molecule has 5 aromatic rings.